The molecule has 5 nitrogen and oxygen atoms in total. The summed E-state index contributed by atoms with van der Waals surface area (Å²) in [5, 5.41) is 10.7. The van der Waals surface area contributed by atoms with E-state index in [-0.39, 0.29) is 5.69 Å². The molecule has 0 aliphatic carbocycles. The zero-order chi connectivity index (χ0) is 14.0. The summed E-state index contributed by atoms with van der Waals surface area (Å²) in [4.78, 5) is 14.4. The molecule has 0 unspecified atom stereocenters. The van der Waals surface area contributed by atoms with Crippen molar-refractivity contribution in [1.29, 1.82) is 0 Å². The number of benzene rings is 1. The average molecular weight is 267 g/mol. The second kappa shape index (κ2) is 5.52. The van der Waals surface area contributed by atoms with E-state index < -0.39 is 10.7 Å². The minimum absolute atomic E-state index is 0.190. The van der Waals surface area contributed by atoms with Gasteiger partial charge in [0.2, 0.25) is 0 Å². The van der Waals surface area contributed by atoms with Crippen LogP contribution in [0.15, 0.2) is 18.2 Å². The quantitative estimate of drug-likeness (QED) is 0.622. The number of nitro groups is 1. The van der Waals surface area contributed by atoms with Crippen molar-refractivity contribution in [3.8, 4) is 0 Å². The van der Waals surface area contributed by atoms with Gasteiger partial charge < -0.3 is 9.80 Å². The van der Waals surface area contributed by atoms with Gasteiger partial charge in [0.1, 0.15) is 5.82 Å². The first-order chi connectivity index (χ1) is 8.97. The molecular formula is C13H18FN3O2. The minimum Gasteiger partial charge on any atom is -0.371 e. The minimum atomic E-state index is -0.557. The van der Waals surface area contributed by atoms with Gasteiger partial charge in [0.25, 0.3) is 5.69 Å². The zero-order valence-corrected chi connectivity index (χ0v) is 11.2. The van der Waals surface area contributed by atoms with Crippen LogP contribution in [0.1, 0.15) is 12.8 Å². The second-order valence-electron chi connectivity index (χ2n) is 5.11. The number of nitrogens with zero attached hydrogens (tertiary/aromatic N) is 3. The van der Waals surface area contributed by atoms with Gasteiger partial charge in [-0.15, -0.1) is 0 Å². The van der Waals surface area contributed by atoms with Gasteiger partial charge >= 0.3 is 0 Å². The maximum absolute atomic E-state index is 13.4. The molecule has 0 saturated carbocycles. The Balaban J connectivity index is 2.13. The Hall–Kier alpha value is -1.69. The van der Waals surface area contributed by atoms with Crippen LogP contribution in [0.4, 0.5) is 15.8 Å². The summed E-state index contributed by atoms with van der Waals surface area (Å²) in [7, 11) is 4.10. The summed E-state index contributed by atoms with van der Waals surface area (Å²) in [6.45, 7) is 1.59. The fourth-order valence-electron chi connectivity index (χ4n) is 2.49. The Morgan fingerprint density at radius 1 is 1.32 bits per heavy atom. The lowest BCUT2D eigenvalue weighted by Crippen LogP contribution is -2.42. The molecule has 0 N–H and O–H groups in total. The smallest absolute Gasteiger partial charge is 0.274 e. The second-order valence-corrected chi connectivity index (χ2v) is 5.11. The van der Waals surface area contributed by atoms with Crippen LogP contribution >= 0.6 is 0 Å². The van der Waals surface area contributed by atoms with Crippen LogP contribution in [0.5, 0.6) is 0 Å². The van der Waals surface area contributed by atoms with Crippen LogP contribution in [-0.2, 0) is 0 Å². The van der Waals surface area contributed by atoms with Gasteiger partial charge in [0.05, 0.1) is 11.0 Å². The van der Waals surface area contributed by atoms with Crippen molar-refractivity contribution in [2.24, 2.45) is 0 Å². The van der Waals surface area contributed by atoms with Crippen molar-refractivity contribution in [2.45, 2.75) is 18.9 Å². The predicted octanol–water partition coefficient (Wildman–Crippen LogP) is 2.26. The summed E-state index contributed by atoms with van der Waals surface area (Å²) >= 11 is 0. The van der Waals surface area contributed by atoms with Gasteiger partial charge in [-0.05, 0) is 33.0 Å². The molecule has 1 heterocycles. The lowest BCUT2D eigenvalue weighted by Gasteiger charge is -2.36. The number of halogens is 1. The molecule has 19 heavy (non-hydrogen) atoms. The van der Waals surface area contributed by atoms with Crippen molar-refractivity contribution < 1.29 is 9.31 Å². The molecule has 0 atom stereocenters. The topological polar surface area (TPSA) is 49.6 Å². The molecule has 0 aromatic heterocycles. The lowest BCUT2D eigenvalue weighted by atomic mass is 10.0. The first-order valence-corrected chi connectivity index (χ1v) is 6.33. The maximum atomic E-state index is 13.4. The molecule has 0 radical (unpaired) electrons. The van der Waals surface area contributed by atoms with E-state index in [2.05, 4.69) is 4.90 Å². The molecule has 1 aromatic rings. The monoisotopic (exact) mass is 267 g/mol. The van der Waals surface area contributed by atoms with E-state index in [0.717, 1.165) is 32.0 Å². The standard InChI is InChI=1S/C13H18FN3O2/c1-15(2)11-3-5-16(6-4-11)12-7-10(14)8-13(9-12)17(18)19/h7-9,11H,3-6H2,1-2H3. The normalized spacial score (nSPS) is 16.9. The zero-order valence-electron chi connectivity index (χ0n) is 11.2. The van der Waals surface area contributed by atoms with Gasteiger partial charge in [0, 0.05) is 30.9 Å². The van der Waals surface area contributed by atoms with E-state index in [4.69, 9.17) is 0 Å². The van der Waals surface area contributed by atoms with Crippen molar-refractivity contribution in [1.82, 2.24) is 4.90 Å². The summed E-state index contributed by atoms with van der Waals surface area (Å²) in [6, 6.07) is 4.29. The molecule has 0 bridgehead atoms. The van der Waals surface area contributed by atoms with Crippen molar-refractivity contribution in [2.75, 3.05) is 32.1 Å². The fourth-order valence-corrected chi connectivity index (χ4v) is 2.49. The number of rotatable bonds is 3. The van der Waals surface area contributed by atoms with Crippen LogP contribution in [-0.4, -0.2) is 43.0 Å². The number of hydrogen-bond acceptors (Lipinski definition) is 4. The highest BCUT2D eigenvalue weighted by Crippen LogP contribution is 2.26. The third kappa shape index (κ3) is 3.20. The Labute approximate surface area is 111 Å². The number of nitro benzene ring substituents is 1. The first-order valence-electron chi connectivity index (χ1n) is 6.33. The van der Waals surface area contributed by atoms with Crippen LogP contribution in [0.2, 0.25) is 0 Å². The van der Waals surface area contributed by atoms with E-state index >= 15 is 0 Å². The van der Waals surface area contributed by atoms with Gasteiger partial charge in [-0.25, -0.2) is 4.39 Å². The third-order valence-corrected chi connectivity index (χ3v) is 3.64. The van der Waals surface area contributed by atoms with E-state index in [1.165, 1.54) is 12.1 Å². The maximum Gasteiger partial charge on any atom is 0.274 e. The van der Waals surface area contributed by atoms with Crippen molar-refractivity contribution in [3.05, 3.63) is 34.1 Å². The Morgan fingerprint density at radius 2 is 1.95 bits per heavy atom. The molecule has 1 aliphatic heterocycles. The highest BCUT2D eigenvalue weighted by molar-refractivity contribution is 5.54. The molecular weight excluding hydrogens is 249 g/mol. The Kier molecular flexibility index (Phi) is 3.99. The van der Waals surface area contributed by atoms with Gasteiger partial charge in [-0.1, -0.05) is 0 Å². The van der Waals surface area contributed by atoms with Crippen molar-refractivity contribution in [3.63, 3.8) is 0 Å². The molecule has 2 rings (SSSR count). The molecule has 1 aliphatic rings. The van der Waals surface area contributed by atoms with Gasteiger partial charge in [-0.3, -0.25) is 10.1 Å². The summed E-state index contributed by atoms with van der Waals surface area (Å²) in [6.07, 6.45) is 1.97. The van der Waals surface area contributed by atoms with Crippen LogP contribution in [0, 0.1) is 15.9 Å². The number of non-ortho nitro benzene ring substituents is 1. The molecule has 104 valence electrons. The first kappa shape index (κ1) is 13.7. The van der Waals surface area contributed by atoms with Gasteiger partial charge in [0.15, 0.2) is 0 Å². The van der Waals surface area contributed by atoms with Gasteiger partial charge in [-0.2, -0.15) is 0 Å². The van der Waals surface area contributed by atoms with E-state index in [0.29, 0.717) is 11.7 Å². The summed E-state index contributed by atoms with van der Waals surface area (Å²) in [5.74, 6) is -0.557. The number of hydrogen-bond donors (Lipinski definition) is 0. The molecule has 1 aromatic carbocycles. The molecule has 6 heteroatoms. The van der Waals surface area contributed by atoms with E-state index in [1.807, 2.05) is 19.0 Å². The Bertz CT molecular complexity index is 471. The summed E-state index contributed by atoms with van der Waals surface area (Å²) in [5.41, 5.74) is 0.411. The lowest BCUT2D eigenvalue weighted by molar-refractivity contribution is -0.385. The highest BCUT2D eigenvalue weighted by Gasteiger charge is 2.22. The Morgan fingerprint density at radius 3 is 2.47 bits per heavy atom. The van der Waals surface area contributed by atoms with E-state index in [1.54, 1.807) is 0 Å². The number of anilines is 1. The largest absolute Gasteiger partial charge is 0.371 e. The van der Waals surface area contributed by atoms with Crippen LogP contribution in [0.3, 0.4) is 0 Å². The molecule has 1 saturated heterocycles. The highest BCUT2D eigenvalue weighted by atomic mass is 19.1. The third-order valence-electron chi connectivity index (χ3n) is 3.64. The molecule has 1 fully saturated rings. The number of piperidine rings is 1. The SMILES string of the molecule is CN(C)C1CCN(c2cc(F)cc([N+](=O)[O-])c2)CC1. The molecule has 0 amide bonds. The van der Waals surface area contributed by atoms with Crippen LogP contribution in [0.25, 0.3) is 0 Å². The van der Waals surface area contributed by atoms with Crippen LogP contribution < -0.4 is 4.90 Å². The average Bonchev–Trinajstić information content (AvgIpc) is 2.38. The molecule has 0 spiro atoms. The van der Waals surface area contributed by atoms with E-state index in [9.17, 15) is 14.5 Å². The predicted molar refractivity (Wildman–Crippen MR) is 72.0 cm³/mol. The fraction of sp³-hybridized carbons (Fsp3) is 0.538. The summed E-state index contributed by atoms with van der Waals surface area (Å²) < 4.78 is 13.4. The van der Waals surface area contributed by atoms with Crippen molar-refractivity contribution >= 4 is 11.4 Å².